The lowest BCUT2D eigenvalue weighted by atomic mass is 10.1. The number of carbonyl (C=O) groups excluding carboxylic acids is 1. The van der Waals surface area contributed by atoms with Gasteiger partial charge in [-0.15, -0.1) is 12.0 Å². The van der Waals surface area contributed by atoms with Gasteiger partial charge >= 0.3 is 11.9 Å². The average Bonchev–Trinajstić information content (AvgIpc) is 2.75. The molecule has 2 aromatic rings. The summed E-state index contributed by atoms with van der Waals surface area (Å²) in [5, 5.41) is 8.58. The van der Waals surface area contributed by atoms with Gasteiger partial charge in [0.25, 0.3) is 0 Å². The van der Waals surface area contributed by atoms with Gasteiger partial charge in [0.2, 0.25) is 0 Å². The van der Waals surface area contributed by atoms with Crippen molar-refractivity contribution >= 4 is 20.0 Å². The highest BCUT2D eigenvalue weighted by Gasteiger charge is 2.06. The molecule has 0 spiro atoms. The Morgan fingerprint density at radius 3 is 1.74 bits per heavy atom. The van der Waals surface area contributed by atoms with Crippen LogP contribution in [0.4, 0.5) is 0 Å². The first-order valence-electron chi connectivity index (χ1n) is 9.18. The van der Waals surface area contributed by atoms with Crippen molar-refractivity contribution in [2.75, 3.05) is 7.11 Å². The average molecular weight is 427 g/mol. The number of carbonyl (C=O) groups is 2. The number of ether oxygens (including phenoxy) is 1. The second kappa shape index (κ2) is 12.4. The third-order valence-electron chi connectivity index (χ3n) is 3.42. The third-order valence-corrected chi connectivity index (χ3v) is 4.30. The summed E-state index contributed by atoms with van der Waals surface area (Å²) in [6.45, 7) is 6.52. The Labute approximate surface area is 184 Å². The zero-order chi connectivity index (χ0) is 23.3. The van der Waals surface area contributed by atoms with E-state index < -0.39 is 14.0 Å². The van der Waals surface area contributed by atoms with Crippen LogP contribution in [0, 0.1) is 47.5 Å². The lowest BCUT2D eigenvalue weighted by Crippen LogP contribution is -2.16. The van der Waals surface area contributed by atoms with Crippen LogP contribution in [0.25, 0.3) is 0 Å². The first kappa shape index (κ1) is 24.9. The minimum atomic E-state index is -1.35. The van der Waals surface area contributed by atoms with Crippen molar-refractivity contribution in [1.82, 2.24) is 0 Å². The van der Waals surface area contributed by atoms with Gasteiger partial charge < -0.3 is 9.84 Å². The molecule has 4 nitrogen and oxygen atoms in total. The molecule has 0 radical (unpaired) electrons. The van der Waals surface area contributed by atoms with Gasteiger partial charge in [-0.2, -0.15) is 0 Å². The Bertz CT molecular complexity index is 1140. The number of hydrogen-bond acceptors (Lipinski definition) is 3. The number of aromatic carboxylic acids is 1. The molecule has 0 unspecified atom stereocenters. The molecule has 0 aliphatic carbocycles. The Morgan fingerprint density at radius 1 is 0.839 bits per heavy atom. The van der Waals surface area contributed by atoms with E-state index >= 15 is 0 Å². The van der Waals surface area contributed by atoms with Crippen LogP contribution < -0.4 is 0 Å². The van der Waals surface area contributed by atoms with Gasteiger partial charge in [0, 0.05) is 11.1 Å². The van der Waals surface area contributed by atoms with Crippen LogP contribution in [0.15, 0.2) is 48.5 Å². The number of terminal acetylenes is 1. The van der Waals surface area contributed by atoms with E-state index in [1.54, 1.807) is 36.4 Å². The minimum absolute atomic E-state index is 0.242. The highest BCUT2D eigenvalue weighted by atomic mass is 28.3. The smallest absolute Gasteiger partial charge is 0.337 e. The number of hydrogen-bond donors (Lipinski definition) is 1. The van der Waals surface area contributed by atoms with Gasteiger partial charge in [-0.1, -0.05) is 31.5 Å². The van der Waals surface area contributed by atoms with Crippen molar-refractivity contribution in [3.05, 3.63) is 70.8 Å². The van der Waals surface area contributed by atoms with E-state index in [1.165, 1.54) is 19.2 Å². The summed E-state index contributed by atoms with van der Waals surface area (Å²) < 4.78 is 4.62. The van der Waals surface area contributed by atoms with E-state index in [1.807, 2.05) is 0 Å². The molecule has 0 aromatic heterocycles. The summed E-state index contributed by atoms with van der Waals surface area (Å²) in [6.07, 6.45) is 4.94. The van der Waals surface area contributed by atoms with E-state index in [-0.39, 0.29) is 11.5 Å². The summed E-state index contributed by atoms with van der Waals surface area (Å²) in [5.41, 5.74) is 5.49. The first-order chi connectivity index (χ1) is 14.7. The molecule has 0 saturated heterocycles. The highest BCUT2D eigenvalue weighted by Crippen LogP contribution is 2.04. The Morgan fingerprint density at radius 2 is 1.32 bits per heavy atom. The van der Waals surface area contributed by atoms with Crippen LogP contribution in [-0.2, 0) is 4.74 Å². The number of esters is 1. The van der Waals surface area contributed by atoms with Gasteiger partial charge in [0.05, 0.1) is 18.2 Å². The minimum Gasteiger partial charge on any atom is -0.478 e. The van der Waals surface area contributed by atoms with E-state index in [0.717, 1.165) is 5.56 Å². The molecule has 2 aromatic carbocycles. The van der Waals surface area contributed by atoms with Gasteiger partial charge in [0.15, 0.2) is 0 Å². The molecule has 0 fully saturated rings. The quantitative estimate of drug-likeness (QED) is 0.447. The maximum absolute atomic E-state index is 11.2. The van der Waals surface area contributed by atoms with E-state index in [9.17, 15) is 9.59 Å². The maximum Gasteiger partial charge on any atom is 0.337 e. The number of benzene rings is 2. The highest BCUT2D eigenvalue weighted by molar-refractivity contribution is 6.83. The summed E-state index contributed by atoms with van der Waals surface area (Å²) in [6, 6.07) is 13.2. The number of rotatable bonds is 2. The predicted octanol–water partition coefficient (Wildman–Crippen LogP) is 4.08. The van der Waals surface area contributed by atoms with E-state index in [0.29, 0.717) is 11.1 Å². The predicted molar refractivity (Wildman–Crippen MR) is 125 cm³/mol. The monoisotopic (exact) mass is 426 g/mol. The molecule has 0 bridgehead atoms. The largest absolute Gasteiger partial charge is 0.478 e. The fraction of sp³-hybridized carbons (Fsp3) is 0.154. The van der Waals surface area contributed by atoms with Gasteiger partial charge in [-0.25, -0.2) is 9.59 Å². The van der Waals surface area contributed by atoms with Crippen LogP contribution in [0.3, 0.4) is 0 Å². The van der Waals surface area contributed by atoms with Gasteiger partial charge in [-0.3, -0.25) is 0 Å². The normalized spacial score (nSPS) is 8.87. The molecule has 1 N–H and O–H groups in total. The molecule has 2 rings (SSSR count). The Kier molecular flexibility index (Phi) is 9.96. The van der Waals surface area contributed by atoms with Gasteiger partial charge in [0.1, 0.15) is 8.07 Å². The summed E-state index contributed by atoms with van der Waals surface area (Å²) in [4.78, 5) is 21.7. The second-order valence-corrected chi connectivity index (χ2v) is 11.8. The van der Waals surface area contributed by atoms with Crippen molar-refractivity contribution in [3.63, 3.8) is 0 Å². The van der Waals surface area contributed by atoms with Crippen LogP contribution in [0.1, 0.15) is 31.8 Å². The summed E-state index contributed by atoms with van der Waals surface area (Å²) in [5.74, 6) is 14.7. The van der Waals surface area contributed by atoms with E-state index in [2.05, 4.69) is 65.4 Å². The standard InChI is InChI=1S/C15H16O2Si.C11H6O2/c1-17-15(16)14-10-8-13(9-11-14)7-5-6-12-18(2,3)4;1-2-3-4-9-5-7-10(8-6-9)11(12)13/h8-11H,1-4H3;1,5-8H,(H,12,13). The molecule has 5 heteroatoms. The van der Waals surface area contributed by atoms with Crippen molar-refractivity contribution in [2.24, 2.45) is 0 Å². The summed E-state index contributed by atoms with van der Waals surface area (Å²) in [7, 11) is 0.0141. The number of methoxy groups -OCH3 is 1. The van der Waals surface area contributed by atoms with Gasteiger partial charge in [-0.05, 0) is 72.2 Å². The molecule has 0 aliphatic heterocycles. The lowest BCUT2D eigenvalue weighted by molar-refractivity contribution is 0.0599. The zero-order valence-electron chi connectivity index (χ0n) is 17.9. The molecule has 0 atom stereocenters. The first-order valence-corrected chi connectivity index (χ1v) is 12.7. The van der Waals surface area contributed by atoms with Crippen molar-refractivity contribution < 1.29 is 19.4 Å². The molecule has 31 heavy (non-hydrogen) atoms. The second-order valence-electron chi connectivity index (χ2n) is 7.10. The Balaban J connectivity index is 0.000000327. The van der Waals surface area contributed by atoms with Crippen LogP contribution in [-0.4, -0.2) is 32.2 Å². The van der Waals surface area contributed by atoms with Crippen molar-refractivity contribution in [1.29, 1.82) is 0 Å². The Hall–Kier alpha value is -4.16. The fourth-order valence-corrected chi connectivity index (χ4v) is 2.37. The van der Waals surface area contributed by atoms with Crippen molar-refractivity contribution in [3.8, 4) is 47.5 Å². The molecular weight excluding hydrogens is 404 g/mol. The molecule has 0 aliphatic rings. The topological polar surface area (TPSA) is 63.6 Å². The van der Waals surface area contributed by atoms with Crippen LogP contribution >= 0.6 is 0 Å². The van der Waals surface area contributed by atoms with Crippen LogP contribution in [0.2, 0.25) is 19.6 Å². The van der Waals surface area contributed by atoms with Crippen molar-refractivity contribution in [2.45, 2.75) is 19.6 Å². The maximum atomic E-state index is 11.2. The molecular formula is C26H22O4Si. The number of carboxylic acids is 1. The summed E-state index contributed by atoms with van der Waals surface area (Å²) >= 11 is 0. The van der Waals surface area contributed by atoms with E-state index in [4.69, 9.17) is 11.5 Å². The fourth-order valence-electron chi connectivity index (χ4n) is 1.93. The SMILES string of the molecule is C#CC#Cc1ccc(C(=O)O)cc1.COC(=O)c1ccc(C#CC#C[Si](C)(C)C)cc1. The molecule has 0 heterocycles. The molecule has 0 amide bonds. The zero-order valence-corrected chi connectivity index (χ0v) is 18.9. The lowest BCUT2D eigenvalue weighted by Gasteiger charge is -2.01. The third kappa shape index (κ3) is 10.3. The van der Waals surface area contributed by atoms with Crippen LogP contribution in [0.5, 0.6) is 0 Å². The molecule has 154 valence electrons. The number of carboxylic acid groups (broad SMARTS) is 1. The molecule has 0 saturated carbocycles.